The molecule has 1 saturated carbocycles. The SMILES string of the molecule is [2H]C1([2H])N(C(C)(C)C)[C@@]2([2H])C([2H])([2H])C(C(C)(C)C)[C@]1([2H])C2([2H])[2H]. The first-order chi connectivity index (χ1) is 9.73. The zero-order chi connectivity index (χ0) is 18.7. The number of likely N-dealkylation sites (tertiary alicyclic amines) is 1. The van der Waals surface area contributed by atoms with Gasteiger partial charge < -0.3 is 0 Å². The van der Waals surface area contributed by atoms with Gasteiger partial charge in [0.05, 0.1) is 0 Å². The highest BCUT2D eigenvalue weighted by Crippen LogP contribution is 2.51. The van der Waals surface area contributed by atoms with Crippen LogP contribution >= 0.6 is 0 Å². The molecule has 1 nitrogen and oxygen atoms in total. The predicted octanol–water partition coefficient (Wildman–Crippen LogP) is 3.54. The van der Waals surface area contributed by atoms with Crippen LogP contribution in [-0.4, -0.2) is 23.0 Å². The van der Waals surface area contributed by atoms with E-state index in [1.807, 2.05) is 0 Å². The molecule has 0 spiro atoms. The molecule has 0 aromatic rings. The molecular weight excluding hydrogens is 182 g/mol. The van der Waals surface area contributed by atoms with Gasteiger partial charge in [-0.3, -0.25) is 4.90 Å². The van der Waals surface area contributed by atoms with Crippen molar-refractivity contribution in [2.75, 3.05) is 6.50 Å². The molecule has 1 heterocycles. The van der Waals surface area contributed by atoms with Crippen LogP contribution < -0.4 is 0 Å². The van der Waals surface area contributed by atoms with Gasteiger partial charge in [-0.1, -0.05) is 20.8 Å². The van der Waals surface area contributed by atoms with Gasteiger partial charge in [0.25, 0.3) is 0 Å². The Labute approximate surface area is 106 Å². The maximum Gasteiger partial charge on any atom is 0.0468 e. The van der Waals surface area contributed by atoms with E-state index in [2.05, 4.69) is 0 Å². The lowest BCUT2D eigenvalue weighted by molar-refractivity contribution is 0.0462. The fraction of sp³-hybridized carbons (Fsp3) is 1.00. The summed E-state index contributed by atoms with van der Waals surface area (Å²) < 4.78 is 68.7. The highest BCUT2D eigenvalue weighted by Gasteiger charge is 2.50. The third kappa shape index (κ3) is 1.95. The highest BCUT2D eigenvalue weighted by atomic mass is 15.2. The molecule has 1 aliphatic carbocycles. The average Bonchev–Trinajstić information content (AvgIpc) is 2.35. The van der Waals surface area contributed by atoms with Crippen molar-refractivity contribution in [3.8, 4) is 0 Å². The van der Waals surface area contributed by atoms with Crippen LogP contribution in [0.5, 0.6) is 0 Å². The van der Waals surface area contributed by atoms with Crippen LogP contribution in [0.25, 0.3) is 0 Å². The van der Waals surface area contributed by atoms with Gasteiger partial charge in [0.2, 0.25) is 0 Å². The summed E-state index contributed by atoms with van der Waals surface area (Å²) in [6.07, 6.45) is -5.05. The zero-order valence-electron chi connectivity index (χ0n) is 18.5. The molecule has 2 fully saturated rings. The van der Waals surface area contributed by atoms with Crippen LogP contribution in [0.3, 0.4) is 0 Å². The average molecular weight is 217 g/mol. The lowest BCUT2D eigenvalue weighted by Gasteiger charge is -2.44. The third-order valence-corrected chi connectivity index (χ3v) is 2.82. The van der Waals surface area contributed by atoms with E-state index >= 15 is 0 Å². The second-order valence-electron chi connectivity index (χ2n) is 6.45. The van der Waals surface area contributed by atoms with Gasteiger partial charge >= 0.3 is 0 Å². The summed E-state index contributed by atoms with van der Waals surface area (Å²) in [5.41, 5.74) is -1.86. The first-order valence-corrected chi connectivity index (χ1v) is 5.54. The first-order valence-electron chi connectivity index (χ1n) is 9.54. The van der Waals surface area contributed by atoms with Crippen molar-refractivity contribution >= 4 is 0 Å². The van der Waals surface area contributed by atoms with Crippen molar-refractivity contribution in [2.24, 2.45) is 17.2 Å². The number of piperidine rings is 1. The van der Waals surface area contributed by atoms with Crippen molar-refractivity contribution in [2.45, 2.75) is 65.8 Å². The van der Waals surface area contributed by atoms with E-state index in [1.54, 1.807) is 41.5 Å². The fourth-order valence-electron chi connectivity index (χ4n) is 1.99. The number of fused-ring (bicyclic) bond motifs is 2. The third-order valence-electron chi connectivity index (χ3n) is 2.82. The van der Waals surface area contributed by atoms with Gasteiger partial charge in [0, 0.05) is 29.0 Å². The largest absolute Gasteiger partial charge is 0.295 e. The minimum atomic E-state index is -2.67. The lowest BCUT2D eigenvalue weighted by atomic mass is 9.73. The van der Waals surface area contributed by atoms with Crippen molar-refractivity contribution in [3.63, 3.8) is 0 Å². The molecule has 0 aromatic carbocycles. The number of hydrogen-bond donors (Lipinski definition) is 0. The number of hydrogen-bond acceptors (Lipinski definition) is 1. The van der Waals surface area contributed by atoms with E-state index in [9.17, 15) is 0 Å². The maximum atomic E-state index is 8.83. The molecular formula is C14H27N. The van der Waals surface area contributed by atoms with E-state index in [1.165, 1.54) is 0 Å². The summed E-state index contributed by atoms with van der Waals surface area (Å²) in [4.78, 5) is 0.947. The van der Waals surface area contributed by atoms with Gasteiger partial charge in [-0.15, -0.1) is 0 Å². The van der Waals surface area contributed by atoms with Gasteiger partial charge in [-0.05, 0) is 50.7 Å². The van der Waals surface area contributed by atoms with Crippen LogP contribution in [0.2, 0.25) is 0 Å². The van der Waals surface area contributed by atoms with Crippen LogP contribution in [-0.2, 0) is 0 Å². The molecule has 0 N–H and O–H groups in total. The molecule has 2 rings (SSSR count). The highest BCUT2D eigenvalue weighted by molar-refractivity contribution is 5.03. The second-order valence-corrected chi connectivity index (χ2v) is 6.45. The summed E-state index contributed by atoms with van der Waals surface area (Å²) >= 11 is 0. The lowest BCUT2D eigenvalue weighted by Crippen LogP contribution is -2.48. The minimum absolute atomic E-state index is 0.862. The molecule has 1 heteroatoms. The zero-order valence-corrected chi connectivity index (χ0v) is 10.5. The van der Waals surface area contributed by atoms with Crippen molar-refractivity contribution < 1.29 is 11.0 Å². The molecule has 15 heavy (non-hydrogen) atoms. The summed E-state index contributed by atoms with van der Waals surface area (Å²) in [6, 6.07) is -2.48. The van der Waals surface area contributed by atoms with E-state index < -0.39 is 48.0 Å². The maximum absolute atomic E-state index is 8.83. The fourth-order valence-corrected chi connectivity index (χ4v) is 1.99. The predicted molar refractivity (Wildman–Crippen MR) is 65.9 cm³/mol. The van der Waals surface area contributed by atoms with Crippen molar-refractivity contribution in [3.05, 3.63) is 0 Å². The molecule has 2 bridgehead atoms. The topological polar surface area (TPSA) is 3.24 Å². The Bertz CT molecular complexity index is 486. The summed E-state index contributed by atoms with van der Waals surface area (Å²) in [5, 5.41) is 0. The second kappa shape index (κ2) is 3.23. The van der Waals surface area contributed by atoms with E-state index in [-0.39, 0.29) is 0 Å². The first kappa shape index (κ1) is 5.08. The Hall–Kier alpha value is -0.0400. The van der Waals surface area contributed by atoms with Crippen LogP contribution in [0.1, 0.15) is 65.3 Å². The van der Waals surface area contributed by atoms with Crippen molar-refractivity contribution in [1.29, 1.82) is 0 Å². The summed E-state index contributed by atoms with van der Waals surface area (Å²) in [7, 11) is 0. The van der Waals surface area contributed by atoms with Crippen molar-refractivity contribution in [1.82, 2.24) is 4.90 Å². The molecule has 0 amide bonds. The Morgan fingerprint density at radius 1 is 1.13 bits per heavy atom. The van der Waals surface area contributed by atoms with E-state index in [0.717, 1.165) is 4.90 Å². The van der Waals surface area contributed by atoms with Crippen LogP contribution in [0.15, 0.2) is 0 Å². The van der Waals surface area contributed by atoms with Crippen LogP contribution in [0.4, 0.5) is 0 Å². The standard InChI is InChI=1S/C14H27N/c1-13(2,3)12-8-11-7-10(12)9-15(11)14(4,5)6/h10-12H,7-9H2,1-6H3/t10-,11-,12?/m1/s1/i7D2,8D2,9D2,10D,11D. The molecule has 88 valence electrons. The Morgan fingerprint density at radius 2 is 1.73 bits per heavy atom. The molecule has 1 saturated heterocycles. The Kier molecular flexibility index (Phi) is 1.09. The van der Waals surface area contributed by atoms with Gasteiger partial charge in [0.15, 0.2) is 0 Å². The monoisotopic (exact) mass is 217 g/mol. The minimum Gasteiger partial charge on any atom is -0.295 e. The smallest absolute Gasteiger partial charge is 0.0468 e. The summed E-state index contributed by atoms with van der Waals surface area (Å²) in [6.45, 7) is 7.46. The normalized spacial score (nSPS) is 65.3. The molecule has 0 radical (unpaired) electrons. The van der Waals surface area contributed by atoms with Gasteiger partial charge in [0.1, 0.15) is 0 Å². The quantitative estimate of drug-likeness (QED) is 0.600. The molecule has 2 aliphatic rings. The summed E-state index contributed by atoms with van der Waals surface area (Å²) in [5.74, 6) is -3.65. The molecule has 3 atom stereocenters. The molecule has 0 aromatic heterocycles. The molecule has 1 unspecified atom stereocenters. The van der Waals surface area contributed by atoms with Gasteiger partial charge in [-0.25, -0.2) is 0 Å². The Morgan fingerprint density at radius 3 is 2.20 bits per heavy atom. The van der Waals surface area contributed by atoms with Gasteiger partial charge in [-0.2, -0.15) is 0 Å². The van der Waals surface area contributed by atoms with E-state index in [0.29, 0.717) is 0 Å². The van der Waals surface area contributed by atoms with E-state index in [4.69, 9.17) is 11.0 Å². The Balaban J connectivity index is 2.93. The molecule has 1 aliphatic heterocycles. The number of rotatable bonds is 0. The van der Waals surface area contributed by atoms with Crippen LogP contribution in [0, 0.1) is 17.2 Å². The number of nitrogens with zero attached hydrogens (tertiary/aromatic N) is 1.